The molecule has 1 aromatic heterocycles. The molecule has 0 spiro atoms. The van der Waals surface area contributed by atoms with Crippen molar-refractivity contribution in [2.45, 2.75) is 32.1 Å². The Balaban J connectivity index is 1.73. The van der Waals surface area contributed by atoms with Crippen molar-refractivity contribution >= 4 is 22.4 Å². The van der Waals surface area contributed by atoms with Crippen LogP contribution in [0, 0.1) is 0 Å². The number of anilines is 1. The molecule has 1 amide bonds. The summed E-state index contributed by atoms with van der Waals surface area (Å²) in [7, 11) is 4.67. The van der Waals surface area contributed by atoms with Gasteiger partial charge in [-0.3, -0.25) is 4.79 Å². The first kappa shape index (κ1) is 17.5. The highest BCUT2D eigenvalue weighted by Gasteiger charge is 2.18. The van der Waals surface area contributed by atoms with Crippen LogP contribution in [0.15, 0.2) is 12.1 Å². The van der Waals surface area contributed by atoms with Crippen LogP contribution in [-0.2, 0) is 24.1 Å². The second kappa shape index (κ2) is 7.74. The summed E-state index contributed by atoms with van der Waals surface area (Å²) in [5.41, 5.74) is 1.92. The van der Waals surface area contributed by atoms with Crippen molar-refractivity contribution in [2.24, 2.45) is 0 Å². The molecule has 0 bridgehead atoms. The first-order valence-corrected chi connectivity index (χ1v) is 9.03. The van der Waals surface area contributed by atoms with Gasteiger partial charge in [0.25, 0.3) is 0 Å². The number of hydrogen-bond donors (Lipinski definition) is 1. The number of amides is 1. The molecular formula is C18H22N2O4S. The summed E-state index contributed by atoms with van der Waals surface area (Å²) in [5, 5.41) is 3.59. The molecule has 6 nitrogen and oxygen atoms in total. The minimum atomic E-state index is -0.111. The summed E-state index contributed by atoms with van der Waals surface area (Å²) < 4.78 is 16.0. The Labute approximate surface area is 151 Å². The maximum atomic E-state index is 12.4. The van der Waals surface area contributed by atoms with Crippen LogP contribution >= 0.6 is 11.3 Å². The second-order valence-corrected chi connectivity index (χ2v) is 6.94. The average molecular weight is 362 g/mol. The third kappa shape index (κ3) is 3.87. The number of nitrogens with one attached hydrogen (secondary N) is 1. The van der Waals surface area contributed by atoms with Gasteiger partial charge in [-0.05, 0) is 43.4 Å². The summed E-state index contributed by atoms with van der Waals surface area (Å²) in [5.74, 6) is 1.48. The van der Waals surface area contributed by atoms with Crippen LogP contribution in [0.1, 0.15) is 29.0 Å². The van der Waals surface area contributed by atoms with Gasteiger partial charge in [0.05, 0.1) is 33.4 Å². The predicted molar refractivity (Wildman–Crippen MR) is 97.2 cm³/mol. The largest absolute Gasteiger partial charge is 0.493 e. The van der Waals surface area contributed by atoms with Crippen molar-refractivity contribution < 1.29 is 19.0 Å². The standard InChI is InChI=1S/C18H22N2O4S/c1-22-13-8-11(9-14(23-2)17(13)24-3)10-16(21)20-18-19-12-6-4-5-7-15(12)25-18/h8-9H,4-7,10H2,1-3H3,(H,19,20,21). The zero-order valence-corrected chi connectivity index (χ0v) is 15.5. The van der Waals surface area contributed by atoms with Gasteiger partial charge in [-0.2, -0.15) is 0 Å². The first-order valence-electron chi connectivity index (χ1n) is 8.22. The number of carbonyl (C=O) groups is 1. The van der Waals surface area contributed by atoms with Gasteiger partial charge >= 0.3 is 0 Å². The van der Waals surface area contributed by atoms with Gasteiger partial charge in [0.2, 0.25) is 11.7 Å². The third-order valence-corrected chi connectivity index (χ3v) is 5.25. The summed E-state index contributed by atoms with van der Waals surface area (Å²) in [6.45, 7) is 0. The van der Waals surface area contributed by atoms with Crippen LogP contribution in [-0.4, -0.2) is 32.2 Å². The highest BCUT2D eigenvalue weighted by atomic mass is 32.1. The molecule has 1 aliphatic carbocycles. The van der Waals surface area contributed by atoms with Crippen LogP contribution in [0.4, 0.5) is 5.13 Å². The van der Waals surface area contributed by atoms with Crippen LogP contribution < -0.4 is 19.5 Å². The summed E-state index contributed by atoms with van der Waals surface area (Å²) >= 11 is 1.58. The Kier molecular flexibility index (Phi) is 5.43. The third-order valence-electron chi connectivity index (χ3n) is 4.18. The molecule has 0 aliphatic heterocycles. The van der Waals surface area contributed by atoms with Gasteiger partial charge in [-0.1, -0.05) is 0 Å². The number of hydrogen-bond acceptors (Lipinski definition) is 6. The Morgan fingerprint density at radius 2 is 1.80 bits per heavy atom. The lowest BCUT2D eigenvalue weighted by atomic mass is 10.0. The monoisotopic (exact) mass is 362 g/mol. The lowest BCUT2D eigenvalue weighted by Gasteiger charge is -2.13. The van der Waals surface area contributed by atoms with Crippen molar-refractivity contribution in [2.75, 3.05) is 26.6 Å². The topological polar surface area (TPSA) is 69.7 Å². The number of aryl methyl sites for hydroxylation is 2. The van der Waals surface area contributed by atoms with E-state index in [1.54, 1.807) is 44.8 Å². The van der Waals surface area contributed by atoms with E-state index in [1.165, 1.54) is 17.7 Å². The molecule has 0 unspecified atom stereocenters. The van der Waals surface area contributed by atoms with E-state index < -0.39 is 0 Å². The summed E-state index contributed by atoms with van der Waals surface area (Å²) in [6.07, 6.45) is 4.66. The van der Waals surface area contributed by atoms with Crippen molar-refractivity contribution in [3.8, 4) is 17.2 Å². The fourth-order valence-electron chi connectivity index (χ4n) is 2.99. The molecule has 0 saturated carbocycles. The lowest BCUT2D eigenvalue weighted by Crippen LogP contribution is -2.14. The molecule has 1 heterocycles. The highest BCUT2D eigenvalue weighted by Crippen LogP contribution is 2.38. The molecule has 0 radical (unpaired) electrons. The van der Waals surface area contributed by atoms with Gasteiger partial charge < -0.3 is 19.5 Å². The van der Waals surface area contributed by atoms with Crippen molar-refractivity contribution in [1.82, 2.24) is 4.98 Å². The quantitative estimate of drug-likeness (QED) is 0.854. The molecule has 134 valence electrons. The Bertz CT molecular complexity index is 724. The normalized spacial score (nSPS) is 13.1. The molecule has 0 fully saturated rings. The Hall–Kier alpha value is -2.28. The number of methoxy groups -OCH3 is 3. The van der Waals surface area contributed by atoms with E-state index in [0.29, 0.717) is 22.4 Å². The van der Waals surface area contributed by atoms with E-state index in [4.69, 9.17) is 14.2 Å². The summed E-state index contributed by atoms with van der Waals surface area (Å²) in [4.78, 5) is 18.2. The van der Waals surface area contributed by atoms with E-state index in [2.05, 4.69) is 10.3 Å². The van der Waals surface area contributed by atoms with Crippen LogP contribution in [0.5, 0.6) is 17.2 Å². The summed E-state index contributed by atoms with van der Waals surface area (Å²) in [6, 6.07) is 3.57. The number of aromatic nitrogens is 1. The molecule has 25 heavy (non-hydrogen) atoms. The molecule has 3 rings (SSSR count). The molecule has 0 saturated heterocycles. The maximum Gasteiger partial charge on any atom is 0.230 e. The fourth-order valence-corrected chi connectivity index (χ4v) is 4.06. The van der Waals surface area contributed by atoms with Crippen molar-refractivity contribution in [1.29, 1.82) is 0 Å². The minimum absolute atomic E-state index is 0.111. The van der Waals surface area contributed by atoms with E-state index in [9.17, 15) is 4.79 Å². The predicted octanol–water partition coefficient (Wildman–Crippen LogP) is 3.23. The molecule has 7 heteroatoms. The highest BCUT2D eigenvalue weighted by molar-refractivity contribution is 7.15. The molecule has 1 aromatic carbocycles. The smallest absolute Gasteiger partial charge is 0.230 e. The van der Waals surface area contributed by atoms with Crippen LogP contribution in [0.25, 0.3) is 0 Å². The lowest BCUT2D eigenvalue weighted by molar-refractivity contribution is -0.115. The molecule has 1 aliphatic rings. The molecular weight excluding hydrogens is 340 g/mol. The number of ether oxygens (including phenoxy) is 3. The number of thiazole rings is 1. The molecule has 0 atom stereocenters. The van der Waals surface area contributed by atoms with E-state index in [1.807, 2.05) is 0 Å². The number of fused-ring (bicyclic) bond motifs is 1. The zero-order valence-electron chi connectivity index (χ0n) is 14.7. The van der Waals surface area contributed by atoms with Crippen molar-refractivity contribution in [3.63, 3.8) is 0 Å². The van der Waals surface area contributed by atoms with Gasteiger partial charge in [0, 0.05) is 4.88 Å². The second-order valence-electron chi connectivity index (χ2n) is 5.85. The maximum absolute atomic E-state index is 12.4. The van der Waals surface area contributed by atoms with E-state index in [-0.39, 0.29) is 12.3 Å². The Morgan fingerprint density at radius 3 is 2.40 bits per heavy atom. The van der Waals surface area contributed by atoms with Crippen molar-refractivity contribution in [3.05, 3.63) is 28.3 Å². The van der Waals surface area contributed by atoms with Gasteiger partial charge in [0.15, 0.2) is 16.6 Å². The minimum Gasteiger partial charge on any atom is -0.493 e. The fraction of sp³-hybridized carbons (Fsp3) is 0.444. The molecule has 2 aromatic rings. The Morgan fingerprint density at radius 1 is 1.12 bits per heavy atom. The number of carbonyl (C=O) groups excluding carboxylic acids is 1. The average Bonchev–Trinajstić information content (AvgIpc) is 3.02. The van der Waals surface area contributed by atoms with Gasteiger partial charge in [0.1, 0.15) is 0 Å². The number of benzene rings is 1. The van der Waals surface area contributed by atoms with Gasteiger partial charge in [-0.25, -0.2) is 4.98 Å². The molecule has 1 N–H and O–H groups in total. The van der Waals surface area contributed by atoms with E-state index >= 15 is 0 Å². The van der Waals surface area contributed by atoms with E-state index in [0.717, 1.165) is 24.1 Å². The van der Waals surface area contributed by atoms with Crippen LogP contribution in [0.2, 0.25) is 0 Å². The number of nitrogens with zero attached hydrogens (tertiary/aromatic N) is 1. The van der Waals surface area contributed by atoms with Gasteiger partial charge in [-0.15, -0.1) is 11.3 Å². The SMILES string of the molecule is COc1cc(CC(=O)Nc2nc3c(s2)CCCC3)cc(OC)c1OC. The number of rotatable bonds is 6. The first-order chi connectivity index (χ1) is 12.1. The zero-order chi connectivity index (χ0) is 17.8. The van der Waals surface area contributed by atoms with Crippen LogP contribution in [0.3, 0.4) is 0 Å².